The quantitative estimate of drug-likeness (QED) is 0.243. The summed E-state index contributed by atoms with van der Waals surface area (Å²) >= 11 is 0.739. The minimum Gasteiger partial charge on any atom is -0.398 e. The van der Waals surface area contributed by atoms with Crippen molar-refractivity contribution in [3.63, 3.8) is 0 Å². The maximum atomic E-state index is 8.17. The molecule has 0 saturated heterocycles. The third-order valence-electron chi connectivity index (χ3n) is 2.62. The van der Waals surface area contributed by atoms with Crippen LogP contribution in [0.2, 0.25) is 0 Å². The number of hydrogen-bond acceptors (Lipinski definition) is 8. The van der Waals surface area contributed by atoms with E-state index in [0.717, 1.165) is 17.6 Å². The van der Waals surface area contributed by atoms with Gasteiger partial charge >= 0.3 is 0 Å². The van der Waals surface area contributed by atoms with Crippen LogP contribution in [0.3, 0.4) is 0 Å². The number of benzene rings is 2. The van der Waals surface area contributed by atoms with Gasteiger partial charge in [0.15, 0.2) is 0 Å². The Kier molecular flexibility index (Phi) is 6.80. The predicted octanol–water partition coefficient (Wildman–Crippen LogP) is 4.64. The molecule has 8 heteroatoms. The standard InChI is InChI=1S/C13H14N4O3S.CH4/c1-8-2-4-9(5-3-8)16-17-12-7-13(21-20-19-18)11(15)6-10(12)14;/h2-7,18H,14-15H2,1H3;1H4. The molecule has 0 aliphatic heterocycles. The van der Waals surface area contributed by atoms with E-state index in [4.69, 9.17) is 16.7 Å². The predicted molar refractivity (Wildman–Crippen MR) is 88.0 cm³/mol. The van der Waals surface area contributed by atoms with Gasteiger partial charge in [-0.15, -0.1) is 9.45 Å². The van der Waals surface area contributed by atoms with Gasteiger partial charge in [0.05, 0.1) is 28.3 Å². The second-order valence-electron chi connectivity index (χ2n) is 4.21. The Bertz CT molecular complexity index is 647. The van der Waals surface area contributed by atoms with Crippen LogP contribution in [0.5, 0.6) is 0 Å². The maximum Gasteiger partial charge on any atom is 0.110 e. The lowest BCUT2D eigenvalue weighted by Gasteiger charge is -2.06. The lowest BCUT2D eigenvalue weighted by atomic mass is 10.2. The molecule has 0 atom stereocenters. The van der Waals surface area contributed by atoms with Gasteiger partial charge in [0.1, 0.15) is 5.69 Å². The van der Waals surface area contributed by atoms with Crippen LogP contribution in [0.25, 0.3) is 0 Å². The van der Waals surface area contributed by atoms with E-state index in [-0.39, 0.29) is 7.43 Å². The molecule has 2 aromatic rings. The fraction of sp³-hybridized carbons (Fsp3) is 0.143. The Morgan fingerprint density at radius 1 is 1.05 bits per heavy atom. The van der Waals surface area contributed by atoms with E-state index in [1.54, 1.807) is 6.07 Å². The zero-order valence-corrected chi connectivity index (χ0v) is 12.0. The Hall–Kier alpha value is -2.13. The van der Waals surface area contributed by atoms with Crippen LogP contribution >= 0.6 is 12.0 Å². The molecular weight excluding hydrogens is 304 g/mol. The number of anilines is 2. The van der Waals surface area contributed by atoms with E-state index in [9.17, 15) is 0 Å². The topological polar surface area (TPSA) is 115 Å². The van der Waals surface area contributed by atoms with Crippen LogP contribution in [-0.4, -0.2) is 5.26 Å². The van der Waals surface area contributed by atoms with Crippen molar-refractivity contribution >= 4 is 34.8 Å². The van der Waals surface area contributed by atoms with E-state index < -0.39 is 0 Å². The first-order valence-electron chi connectivity index (χ1n) is 5.92. The third-order valence-corrected chi connectivity index (χ3v) is 3.28. The summed E-state index contributed by atoms with van der Waals surface area (Å²) in [6.07, 6.45) is 0. The molecule has 2 rings (SSSR count). The fourth-order valence-electron chi connectivity index (χ4n) is 1.54. The third kappa shape index (κ3) is 4.71. The van der Waals surface area contributed by atoms with Gasteiger partial charge in [-0.1, -0.05) is 30.2 Å². The van der Waals surface area contributed by atoms with Crippen molar-refractivity contribution < 1.29 is 14.6 Å². The fourth-order valence-corrected chi connectivity index (χ4v) is 1.96. The van der Waals surface area contributed by atoms with Crippen molar-refractivity contribution in [3.8, 4) is 0 Å². The Morgan fingerprint density at radius 2 is 1.73 bits per heavy atom. The van der Waals surface area contributed by atoms with Gasteiger partial charge in [-0.25, -0.2) is 5.26 Å². The van der Waals surface area contributed by atoms with E-state index in [2.05, 4.69) is 19.6 Å². The molecule has 0 spiro atoms. The molecule has 22 heavy (non-hydrogen) atoms. The highest BCUT2D eigenvalue weighted by molar-refractivity contribution is 7.94. The Balaban J connectivity index is 0.00000242. The summed E-state index contributed by atoms with van der Waals surface area (Å²) in [6.45, 7) is 1.99. The van der Waals surface area contributed by atoms with Crippen LogP contribution < -0.4 is 11.5 Å². The molecule has 0 fully saturated rings. The summed E-state index contributed by atoms with van der Waals surface area (Å²) in [5, 5.41) is 19.9. The number of rotatable bonds is 5. The first-order chi connectivity index (χ1) is 10.1. The van der Waals surface area contributed by atoms with E-state index in [1.807, 2.05) is 31.2 Å². The average molecular weight is 322 g/mol. The summed E-state index contributed by atoms with van der Waals surface area (Å²) in [7, 11) is 0. The van der Waals surface area contributed by atoms with Gasteiger partial charge in [-0.3, -0.25) is 0 Å². The molecule has 0 aliphatic carbocycles. The first-order valence-corrected chi connectivity index (χ1v) is 6.66. The largest absolute Gasteiger partial charge is 0.398 e. The van der Waals surface area contributed by atoms with Crippen molar-refractivity contribution in [2.75, 3.05) is 11.5 Å². The van der Waals surface area contributed by atoms with Crippen molar-refractivity contribution in [2.24, 2.45) is 10.2 Å². The summed E-state index contributed by atoms with van der Waals surface area (Å²) in [5.41, 5.74) is 14.7. The number of azo groups is 1. The van der Waals surface area contributed by atoms with Crippen LogP contribution in [0.4, 0.5) is 22.7 Å². The SMILES string of the molecule is C.Cc1ccc(N=Nc2cc(SOOO)c(N)cc2N)cc1. The average Bonchev–Trinajstić information content (AvgIpc) is 2.47. The van der Waals surface area contributed by atoms with Crippen molar-refractivity contribution in [1.29, 1.82) is 0 Å². The summed E-state index contributed by atoms with van der Waals surface area (Å²) < 4.78 is 4.35. The molecule has 5 N–H and O–H groups in total. The number of nitrogen functional groups attached to an aromatic ring is 2. The van der Waals surface area contributed by atoms with Crippen molar-refractivity contribution in [1.82, 2.24) is 0 Å². The second kappa shape index (κ2) is 8.35. The normalized spacial score (nSPS) is 10.6. The zero-order chi connectivity index (χ0) is 15.2. The van der Waals surface area contributed by atoms with E-state index in [1.165, 1.54) is 6.07 Å². The van der Waals surface area contributed by atoms with Crippen molar-refractivity contribution in [3.05, 3.63) is 42.0 Å². The van der Waals surface area contributed by atoms with E-state index >= 15 is 0 Å². The van der Waals surface area contributed by atoms with Crippen LogP contribution in [0.15, 0.2) is 51.5 Å². The molecule has 0 unspecified atom stereocenters. The molecule has 2 aromatic carbocycles. The molecule has 0 heterocycles. The first kappa shape index (κ1) is 17.9. The molecule has 0 bridgehead atoms. The summed E-state index contributed by atoms with van der Waals surface area (Å²) in [5.74, 6) is 0. The molecule has 0 aromatic heterocycles. The maximum absolute atomic E-state index is 8.17. The Labute approximate surface area is 133 Å². The summed E-state index contributed by atoms with van der Waals surface area (Å²) in [6, 6.07) is 10.7. The molecule has 0 radical (unpaired) electrons. The van der Waals surface area contributed by atoms with Gasteiger partial charge in [-0.2, -0.15) is 5.11 Å². The van der Waals surface area contributed by atoms with E-state index in [0.29, 0.717) is 27.6 Å². The van der Waals surface area contributed by atoms with Gasteiger partial charge in [0, 0.05) is 5.69 Å². The highest BCUT2D eigenvalue weighted by Crippen LogP contribution is 2.35. The Morgan fingerprint density at radius 3 is 2.36 bits per heavy atom. The molecule has 0 amide bonds. The van der Waals surface area contributed by atoms with Crippen LogP contribution in [0.1, 0.15) is 13.0 Å². The van der Waals surface area contributed by atoms with Gasteiger partial charge in [-0.05, 0) is 31.2 Å². The monoisotopic (exact) mass is 322 g/mol. The van der Waals surface area contributed by atoms with Gasteiger partial charge < -0.3 is 11.5 Å². The molecule has 118 valence electrons. The number of nitrogens with zero attached hydrogens (tertiary/aromatic N) is 2. The van der Waals surface area contributed by atoms with Gasteiger partial charge in [0.25, 0.3) is 0 Å². The molecule has 0 aliphatic rings. The molecule has 0 saturated carbocycles. The van der Waals surface area contributed by atoms with Crippen molar-refractivity contribution in [2.45, 2.75) is 19.2 Å². The second-order valence-corrected chi connectivity index (χ2v) is 4.95. The number of nitrogens with two attached hydrogens (primary N) is 2. The van der Waals surface area contributed by atoms with Crippen LogP contribution in [-0.2, 0) is 9.37 Å². The molecule has 7 nitrogen and oxygen atoms in total. The molecular formula is C14H18N4O3S. The highest BCUT2D eigenvalue weighted by atomic mass is 32.2. The number of hydrogen-bond donors (Lipinski definition) is 3. The number of aryl methyl sites for hydroxylation is 1. The minimum absolute atomic E-state index is 0. The van der Waals surface area contributed by atoms with Crippen LogP contribution in [0, 0.1) is 6.92 Å². The zero-order valence-electron chi connectivity index (χ0n) is 11.2. The smallest absolute Gasteiger partial charge is 0.110 e. The van der Waals surface area contributed by atoms with Gasteiger partial charge in [0.2, 0.25) is 0 Å². The minimum atomic E-state index is 0. The lowest BCUT2D eigenvalue weighted by molar-refractivity contribution is -0.432. The highest BCUT2D eigenvalue weighted by Gasteiger charge is 2.08. The lowest BCUT2D eigenvalue weighted by Crippen LogP contribution is -1.93. The summed E-state index contributed by atoms with van der Waals surface area (Å²) in [4.78, 5) is 0.496.